The summed E-state index contributed by atoms with van der Waals surface area (Å²) in [6, 6.07) is 10.4. The van der Waals surface area contributed by atoms with Gasteiger partial charge in [0.1, 0.15) is 12.4 Å². The van der Waals surface area contributed by atoms with E-state index in [9.17, 15) is 4.79 Å². The van der Waals surface area contributed by atoms with Crippen molar-refractivity contribution in [2.45, 2.75) is 33.9 Å². The van der Waals surface area contributed by atoms with Gasteiger partial charge in [-0.1, -0.05) is 17.7 Å². The van der Waals surface area contributed by atoms with E-state index in [1.165, 1.54) is 11.1 Å². The van der Waals surface area contributed by atoms with Crippen molar-refractivity contribution in [1.82, 2.24) is 19.2 Å². The normalized spacial score (nSPS) is 13.2. The molecule has 2 aromatic heterocycles. The van der Waals surface area contributed by atoms with E-state index in [0.717, 1.165) is 22.8 Å². The third-order valence-electron chi connectivity index (χ3n) is 4.94. The highest BCUT2D eigenvalue weighted by atomic mass is 16.5. The van der Waals surface area contributed by atoms with Crippen molar-refractivity contribution in [3.63, 3.8) is 0 Å². The Morgan fingerprint density at radius 3 is 2.67 bits per heavy atom. The van der Waals surface area contributed by atoms with Crippen LogP contribution in [0.25, 0.3) is 11.5 Å². The number of hydrogen-bond acceptors (Lipinski definition) is 3. The van der Waals surface area contributed by atoms with E-state index in [2.05, 4.69) is 36.6 Å². The standard InChI is InChI=1S/C21H24N4O2/c1-4-27-14-20(26)24-12-17-18(13-24)22-25(21(17)23-9-5-6-10-23)19-8-7-15(2)11-16(19)3/h5-11H,4,12-14H2,1-3H3. The molecule has 1 aromatic carbocycles. The number of aromatic nitrogens is 3. The van der Waals surface area contributed by atoms with Crippen LogP contribution in [0.1, 0.15) is 29.3 Å². The van der Waals surface area contributed by atoms with Crippen LogP contribution in [0.3, 0.4) is 0 Å². The van der Waals surface area contributed by atoms with E-state index < -0.39 is 0 Å². The molecule has 0 fully saturated rings. The molecular formula is C21H24N4O2. The number of aryl methyl sites for hydroxylation is 2. The topological polar surface area (TPSA) is 52.3 Å². The fraction of sp³-hybridized carbons (Fsp3) is 0.333. The van der Waals surface area contributed by atoms with Crippen molar-refractivity contribution < 1.29 is 9.53 Å². The summed E-state index contributed by atoms with van der Waals surface area (Å²) in [5.41, 5.74) is 5.51. The lowest BCUT2D eigenvalue weighted by atomic mass is 10.1. The number of nitrogens with zero attached hydrogens (tertiary/aromatic N) is 4. The molecule has 0 spiro atoms. The summed E-state index contributed by atoms with van der Waals surface area (Å²) in [6.07, 6.45) is 4.03. The summed E-state index contributed by atoms with van der Waals surface area (Å²) < 4.78 is 9.36. The van der Waals surface area contributed by atoms with Crippen molar-refractivity contribution in [3.05, 3.63) is 65.1 Å². The van der Waals surface area contributed by atoms with Gasteiger partial charge < -0.3 is 14.2 Å². The molecule has 1 aliphatic heterocycles. The molecule has 0 saturated carbocycles. The van der Waals surface area contributed by atoms with Crippen molar-refractivity contribution in [2.75, 3.05) is 13.2 Å². The van der Waals surface area contributed by atoms with Gasteiger partial charge in [0.15, 0.2) is 0 Å². The number of amides is 1. The average Bonchev–Trinajstić information content (AvgIpc) is 3.35. The maximum Gasteiger partial charge on any atom is 0.249 e. The van der Waals surface area contributed by atoms with Gasteiger partial charge in [0.25, 0.3) is 0 Å². The number of carbonyl (C=O) groups is 1. The molecule has 1 amide bonds. The van der Waals surface area contributed by atoms with Crippen LogP contribution in [0.4, 0.5) is 0 Å². The Bertz CT molecular complexity index is 972. The highest BCUT2D eigenvalue weighted by molar-refractivity contribution is 5.78. The Kier molecular flexibility index (Phi) is 4.58. The van der Waals surface area contributed by atoms with Crippen molar-refractivity contribution in [3.8, 4) is 11.5 Å². The molecule has 0 atom stereocenters. The fourth-order valence-corrected chi connectivity index (χ4v) is 3.61. The van der Waals surface area contributed by atoms with E-state index in [1.54, 1.807) is 0 Å². The smallest absolute Gasteiger partial charge is 0.249 e. The van der Waals surface area contributed by atoms with Gasteiger partial charge >= 0.3 is 0 Å². The summed E-state index contributed by atoms with van der Waals surface area (Å²) in [6.45, 7) is 7.83. The quantitative estimate of drug-likeness (QED) is 0.699. The zero-order valence-electron chi connectivity index (χ0n) is 16.0. The van der Waals surface area contributed by atoms with Crippen LogP contribution in [0, 0.1) is 13.8 Å². The van der Waals surface area contributed by atoms with E-state index in [-0.39, 0.29) is 12.5 Å². The molecule has 0 saturated heterocycles. The lowest BCUT2D eigenvalue weighted by Crippen LogP contribution is -2.30. The van der Waals surface area contributed by atoms with Gasteiger partial charge in [-0.3, -0.25) is 4.79 Å². The Labute approximate surface area is 159 Å². The van der Waals surface area contributed by atoms with Gasteiger partial charge in [-0.05, 0) is 44.5 Å². The van der Waals surface area contributed by atoms with Gasteiger partial charge in [-0.2, -0.15) is 5.10 Å². The minimum absolute atomic E-state index is 0.00590. The van der Waals surface area contributed by atoms with Crippen LogP contribution >= 0.6 is 0 Å². The van der Waals surface area contributed by atoms with Crippen LogP contribution in [0.15, 0.2) is 42.7 Å². The van der Waals surface area contributed by atoms with E-state index in [1.807, 2.05) is 41.0 Å². The molecule has 27 heavy (non-hydrogen) atoms. The Hall–Kier alpha value is -2.86. The van der Waals surface area contributed by atoms with Crippen LogP contribution in [-0.4, -0.2) is 38.4 Å². The molecule has 3 aromatic rings. The first-order valence-electron chi connectivity index (χ1n) is 9.25. The molecule has 6 nitrogen and oxygen atoms in total. The number of benzene rings is 1. The molecule has 0 unspecified atom stereocenters. The second kappa shape index (κ2) is 7.04. The molecule has 0 aliphatic carbocycles. The first kappa shape index (κ1) is 17.5. The molecule has 4 rings (SSSR count). The van der Waals surface area contributed by atoms with Gasteiger partial charge in [0, 0.05) is 24.6 Å². The van der Waals surface area contributed by atoms with Crippen molar-refractivity contribution in [1.29, 1.82) is 0 Å². The second-order valence-electron chi connectivity index (χ2n) is 6.93. The third-order valence-corrected chi connectivity index (χ3v) is 4.94. The molecule has 3 heterocycles. The minimum atomic E-state index is 0.00590. The number of rotatable bonds is 5. The van der Waals surface area contributed by atoms with Crippen molar-refractivity contribution >= 4 is 5.91 Å². The largest absolute Gasteiger partial charge is 0.372 e. The predicted molar refractivity (Wildman–Crippen MR) is 103 cm³/mol. The highest BCUT2D eigenvalue weighted by Crippen LogP contribution is 2.31. The number of hydrogen-bond donors (Lipinski definition) is 0. The summed E-state index contributed by atoms with van der Waals surface area (Å²) in [5.74, 6) is 1.00. The lowest BCUT2D eigenvalue weighted by molar-refractivity contribution is -0.136. The predicted octanol–water partition coefficient (Wildman–Crippen LogP) is 3.16. The van der Waals surface area contributed by atoms with E-state index >= 15 is 0 Å². The van der Waals surface area contributed by atoms with Crippen LogP contribution in [-0.2, 0) is 22.6 Å². The van der Waals surface area contributed by atoms with Crippen LogP contribution in [0.5, 0.6) is 0 Å². The summed E-state index contributed by atoms with van der Waals surface area (Å²) in [5, 5.41) is 4.88. The Morgan fingerprint density at radius 1 is 1.19 bits per heavy atom. The molecular weight excluding hydrogens is 340 g/mol. The number of ether oxygens (including phenoxy) is 1. The second-order valence-corrected chi connectivity index (χ2v) is 6.93. The lowest BCUT2D eigenvalue weighted by Gasteiger charge is -2.18. The maximum absolute atomic E-state index is 12.4. The Balaban J connectivity index is 1.75. The van der Waals surface area contributed by atoms with E-state index in [0.29, 0.717) is 19.7 Å². The van der Waals surface area contributed by atoms with Crippen LogP contribution < -0.4 is 0 Å². The number of fused-ring (bicyclic) bond motifs is 1. The molecule has 0 bridgehead atoms. The van der Waals surface area contributed by atoms with Crippen molar-refractivity contribution in [2.24, 2.45) is 0 Å². The first-order chi connectivity index (χ1) is 13.1. The summed E-state index contributed by atoms with van der Waals surface area (Å²) >= 11 is 0. The SMILES string of the molecule is CCOCC(=O)N1Cc2nn(-c3ccc(C)cc3C)c(-n3cccc3)c2C1. The van der Waals surface area contributed by atoms with Gasteiger partial charge in [-0.25, -0.2) is 4.68 Å². The van der Waals surface area contributed by atoms with Gasteiger partial charge in [0.05, 0.1) is 24.5 Å². The monoisotopic (exact) mass is 364 g/mol. The number of carbonyl (C=O) groups excluding carboxylic acids is 1. The Morgan fingerprint density at radius 2 is 1.96 bits per heavy atom. The van der Waals surface area contributed by atoms with E-state index in [4.69, 9.17) is 9.84 Å². The highest BCUT2D eigenvalue weighted by Gasteiger charge is 2.31. The third kappa shape index (κ3) is 3.17. The maximum atomic E-state index is 12.4. The van der Waals surface area contributed by atoms with Gasteiger partial charge in [0.2, 0.25) is 5.91 Å². The first-order valence-corrected chi connectivity index (χ1v) is 9.25. The fourth-order valence-electron chi connectivity index (χ4n) is 3.61. The molecule has 0 N–H and O–H groups in total. The molecule has 0 radical (unpaired) electrons. The average molecular weight is 364 g/mol. The minimum Gasteiger partial charge on any atom is -0.372 e. The summed E-state index contributed by atoms with van der Waals surface area (Å²) in [4.78, 5) is 14.2. The zero-order valence-corrected chi connectivity index (χ0v) is 16.0. The molecule has 1 aliphatic rings. The van der Waals surface area contributed by atoms with Gasteiger partial charge in [-0.15, -0.1) is 0 Å². The zero-order chi connectivity index (χ0) is 19.0. The van der Waals surface area contributed by atoms with Crippen LogP contribution in [0.2, 0.25) is 0 Å². The summed E-state index contributed by atoms with van der Waals surface area (Å²) in [7, 11) is 0. The molecule has 140 valence electrons. The molecule has 6 heteroatoms.